The maximum Gasteiger partial charge on any atom is 0.250 e. The van der Waals surface area contributed by atoms with E-state index in [1.165, 1.54) is 37.3 Å². The van der Waals surface area contributed by atoms with Crippen LogP contribution in [0.4, 0.5) is 11.5 Å². The first-order chi connectivity index (χ1) is 13.6. The average molecular weight is 400 g/mol. The molecule has 1 aliphatic heterocycles. The van der Waals surface area contributed by atoms with Crippen LogP contribution in [0.15, 0.2) is 36.5 Å². The molecule has 1 aliphatic carbocycles. The number of carbonyl (C=O) groups is 1. The number of primary amides is 1. The first-order valence-electron chi connectivity index (χ1n) is 9.84. The minimum Gasteiger partial charge on any atom is -0.369 e. The van der Waals surface area contributed by atoms with Gasteiger partial charge in [0, 0.05) is 51.2 Å². The van der Waals surface area contributed by atoms with Crippen molar-refractivity contribution in [3.8, 4) is 0 Å². The van der Waals surface area contributed by atoms with Crippen molar-refractivity contribution >= 4 is 29.0 Å². The summed E-state index contributed by atoms with van der Waals surface area (Å²) in [6.07, 6.45) is 4.28. The molecule has 1 saturated heterocycles. The quantitative estimate of drug-likeness (QED) is 0.748. The van der Waals surface area contributed by atoms with Crippen LogP contribution in [0.2, 0.25) is 5.02 Å². The number of pyridine rings is 1. The van der Waals surface area contributed by atoms with Gasteiger partial charge in [0.25, 0.3) is 0 Å². The number of piperazine rings is 1. The molecule has 4 rings (SSSR count). The second-order valence-electron chi connectivity index (χ2n) is 7.67. The number of nitrogens with two attached hydrogens (primary N) is 1. The molecule has 6 nitrogen and oxygen atoms in total. The molecular formula is C21H26ClN5O. The molecule has 148 valence electrons. The summed E-state index contributed by atoms with van der Waals surface area (Å²) in [5.74, 6) is 0.973. The molecule has 2 heterocycles. The summed E-state index contributed by atoms with van der Waals surface area (Å²) < 4.78 is 0. The SMILES string of the molecule is NC(=O)c1cnc(NCc2ccc(N3CCN(CC4CC4)CC3)cc2)c(Cl)c1. The average Bonchev–Trinajstić information content (AvgIpc) is 3.52. The Balaban J connectivity index is 1.29. The van der Waals surface area contributed by atoms with Crippen molar-refractivity contribution < 1.29 is 4.79 Å². The lowest BCUT2D eigenvalue weighted by Gasteiger charge is -2.36. The standard InChI is InChI=1S/C21H26ClN5O/c22-19-11-17(20(23)28)13-25-21(19)24-12-15-3-5-18(6-4-15)27-9-7-26(8-10-27)14-16-1-2-16/h3-6,11,13,16H,1-2,7-10,12,14H2,(H2,23,28)(H,24,25). The van der Waals surface area contributed by atoms with Crippen molar-refractivity contribution in [2.75, 3.05) is 42.9 Å². The molecule has 28 heavy (non-hydrogen) atoms. The van der Waals surface area contributed by atoms with Gasteiger partial charge in [0.05, 0.1) is 10.6 Å². The fourth-order valence-corrected chi connectivity index (χ4v) is 3.80. The molecule has 2 fully saturated rings. The smallest absolute Gasteiger partial charge is 0.250 e. The van der Waals surface area contributed by atoms with Crippen LogP contribution < -0.4 is 16.0 Å². The Morgan fingerprint density at radius 3 is 2.50 bits per heavy atom. The van der Waals surface area contributed by atoms with Gasteiger partial charge in [0.15, 0.2) is 0 Å². The summed E-state index contributed by atoms with van der Waals surface area (Å²) in [4.78, 5) is 20.4. The van der Waals surface area contributed by atoms with E-state index in [1.807, 2.05) is 0 Å². The van der Waals surface area contributed by atoms with E-state index < -0.39 is 5.91 Å². The second-order valence-corrected chi connectivity index (χ2v) is 8.08. The van der Waals surface area contributed by atoms with E-state index in [0.717, 1.165) is 37.7 Å². The Kier molecular flexibility index (Phi) is 5.69. The maximum absolute atomic E-state index is 11.2. The van der Waals surface area contributed by atoms with Gasteiger partial charge < -0.3 is 16.0 Å². The molecule has 1 aromatic carbocycles. The Hall–Kier alpha value is -2.31. The molecule has 3 N–H and O–H groups in total. The second kappa shape index (κ2) is 8.37. The Morgan fingerprint density at radius 1 is 1.18 bits per heavy atom. The molecule has 0 unspecified atom stereocenters. The van der Waals surface area contributed by atoms with E-state index in [9.17, 15) is 4.79 Å². The minimum atomic E-state index is -0.537. The molecule has 0 spiro atoms. The highest BCUT2D eigenvalue weighted by Crippen LogP contribution is 2.30. The van der Waals surface area contributed by atoms with Gasteiger partial charge in [-0.25, -0.2) is 4.98 Å². The summed E-state index contributed by atoms with van der Waals surface area (Å²) in [6.45, 7) is 6.40. The van der Waals surface area contributed by atoms with E-state index in [1.54, 1.807) is 0 Å². The molecular weight excluding hydrogens is 374 g/mol. The van der Waals surface area contributed by atoms with Crippen molar-refractivity contribution in [1.29, 1.82) is 0 Å². The Bertz CT molecular complexity index is 829. The number of benzene rings is 1. The van der Waals surface area contributed by atoms with E-state index in [2.05, 4.69) is 44.4 Å². The zero-order valence-electron chi connectivity index (χ0n) is 15.9. The largest absolute Gasteiger partial charge is 0.369 e. The van der Waals surface area contributed by atoms with Crippen molar-refractivity contribution in [1.82, 2.24) is 9.88 Å². The molecule has 2 aromatic rings. The number of nitrogens with one attached hydrogen (secondary N) is 1. The van der Waals surface area contributed by atoms with Gasteiger partial charge >= 0.3 is 0 Å². The zero-order valence-corrected chi connectivity index (χ0v) is 16.7. The Labute approximate surface area is 170 Å². The predicted octanol–water partition coefficient (Wildman–Crippen LogP) is 2.98. The van der Waals surface area contributed by atoms with Crippen LogP contribution in [0.25, 0.3) is 0 Å². The molecule has 2 aliphatic rings. The normalized spacial score (nSPS) is 17.5. The molecule has 0 bridgehead atoms. The van der Waals surface area contributed by atoms with Gasteiger partial charge in [-0.3, -0.25) is 9.69 Å². The van der Waals surface area contributed by atoms with Gasteiger partial charge in [-0.15, -0.1) is 0 Å². The number of halogens is 1. The van der Waals surface area contributed by atoms with E-state index in [-0.39, 0.29) is 0 Å². The molecule has 7 heteroatoms. The Morgan fingerprint density at radius 2 is 1.89 bits per heavy atom. The minimum absolute atomic E-state index is 0.303. The van der Waals surface area contributed by atoms with E-state index in [0.29, 0.717) is 22.9 Å². The number of carbonyl (C=O) groups excluding carboxylic acids is 1. The number of rotatable bonds is 7. The monoisotopic (exact) mass is 399 g/mol. The summed E-state index contributed by atoms with van der Waals surface area (Å²) in [6, 6.07) is 10.2. The third kappa shape index (κ3) is 4.75. The predicted molar refractivity (Wildman–Crippen MR) is 113 cm³/mol. The number of hydrogen-bond acceptors (Lipinski definition) is 5. The van der Waals surface area contributed by atoms with Crippen molar-refractivity contribution in [3.63, 3.8) is 0 Å². The van der Waals surface area contributed by atoms with E-state index in [4.69, 9.17) is 17.3 Å². The van der Waals surface area contributed by atoms with Crippen molar-refractivity contribution in [3.05, 3.63) is 52.7 Å². The van der Waals surface area contributed by atoms with Gasteiger partial charge in [0.2, 0.25) is 5.91 Å². The lowest BCUT2D eigenvalue weighted by Crippen LogP contribution is -2.47. The van der Waals surface area contributed by atoms with Gasteiger partial charge in [-0.1, -0.05) is 23.7 Å². The van der Waals surface area contributed by atoms with Gasteiger partial charge in [-0.2, -0.15) is 0 Å². The number of hydrogen-bond donors (Lipinski definition) is 2. The third-order valence-corrected chi connectivity index (χ3v) is 5.76. The molecule has 1 aromatic heterocycles. The molecule has 1 saturated carbocycles. The van der Waals surface area contributed by atoms with Crippen molar-refractivity contribution in [2.45, 2.75) is 19.4 Å². The summed E-state index contributed by atoms with van der Waals surface area (Å²) in [5.41, 5.74) is 7.96. The van der Waals surface area contributed by atoms with Crippen molar-refractivity contribution in [2.24, 2.45) is 11.7 Å². The summed E-state index contributed by atoms with van der Waals surface area (Å²) in [7, 11) is 0. The van der Waals surface area contributed by atoms with Crippen LogP contribution >= 0.6 is 11.6 Å². The van der Waals surface area contributed by atoms with Crippen LogP contribution in [-0.2, 0) is 6.54 Å². The fourth-order valence-electron chi connectivity index (χ4n) is 3.57. The lowest BCUT2D eigenvalue weighted by molar-refractivity contribution is 0.1000. The first kappa shape index (κ1) is 19.0. The number of nitrogens with zero attached hydrogens (tertiary/aromatic N) is 3. The van der Waals surface area contributed by atoms with Gasteiger partial charge in [-0.05, 0) is 42.5 Å². The highest BCUT2D eigenvalue weighted by molar-refractivity contribution is 6.33. The number of aromatic nitrogens is 1. The maximum atomic E-state index is 11.2. The number of anilines is 2. The number of amides is 1. The fraction of sp³-hybridized carbons (Fsp3) is 0.429. The summed E-state index contributed by atoms with van der Waals surface area (Å²) >= 11 is 6.17. The van der Waals surface area contributed by atoms with Crippen LogP contribution in [0, 0.1) is 5.92 Å². The third-order valence-electron chi connectivity index (χ3n) is 5.47. The van der Waals surface area contributed by atoms with Crippen LogP contribution in [0.3, 0.4) is 0 Å². The molecule has 1 amide bonds. The lowest BCUT2D eigenvalue weighted by atomic mass is 10.1. The summed E-state index contributed by atoms with van der Waals surface area (Å²) in [5, 5.41) is 3.59. The highest BCUT2D eigenvalue weighted by atomic mass is 35.5. The molecule has 0 atom stereocenters. The van der Waals surface area contributed by atoms with Crippen LogP contribution in [-0.4, -0.2) is 48.5 Å². The van der Waals surface area contributed by atoms with Gasteiger partial charge in [0.1, 0.15) is 5.82 Å². The van der Waals surface area contributed by atoms with E-state index >= 15 is 0 Å². The van der Waals surface area contributed by atoms with Crippen LogP contribution in [0.1, 0.15) is 28.8 Å². The first-order valence-corrected chi connectivity index (χ1v) is 10.2. The van der Waals surface area contributed by atoms with Crippen LogP contribution in [0.5, 0.6) is 0 Å². The molecule has 0 radical (unpaired) electrons. The zero-order chi connectivity index (χ0) is 19.5. The highest BCUT2D eigenvalue weighted by Gasteiger charge is 2.26. The topological polar surface area (TPSA) is 74.5 Å².